The highest BCUT2D eigenvalue weighted by Crippen LogP contribution is 2.72. The molecule has 0 heterocycles. The van der Waals surface area contributed by atoms with Gasteiger partial charge in [-0.2, -0.15) is 0 Å². The first kappa shape index (κ1) is 12.6. The molecule has 0 aromatic heterocycles. The molecule has 1 unspecified atom stereocenters. The minimum absolute atomic E-state index is 0.104. The molecule has 0 saturated heterocycles. The predicted octanol–water partition coefficient (Wildman–Crippen LogP) is 3.85. The van der Waals surface area contributed by atoms with Crippen LogP contribution in [0.5, 0.6) is 0 Å². The molecule has 1 atom stereocenters. The number of aliphatic hydroxyl groups is 1. The van der Waals surface area contributed by atoms with E-state index in [-0.39, 0.29) is 22.6 Å². The minimum atomic E-state index is -0.575. The molecule has 0 radical (unpaired) electrons. The van der Waals surface area contributed by atoms with Gasteiger partial charge in [-0.25, -0.2) is 4.39 Å². The van der Waals surface area contributed by atoms with E-state index >= 15 is 0 Å². The van der Waals surface area contributed by atoms with Crippen molar-refractivity contribution in [1.82, 2.24) is 0 Å². The summed E-state index contributed by atoms with van der Waals surface area (Å²) >= 11 is 0. The molecule has 0 spiro atoms. The van der Waals surface area contributed by atoms with E-state index in [0.29, 0.717) is 5.56 Å². The van der Waals surface area contributed by atoms with Gasteiger partial charge in [-0.1, -0.05) is 33.8 Å². The van der Waals surface area contributed by atoms with Crippen molar-refractivity contribution in [2.24, 2.45) is 16.7 Å². The van der Waals surface area contributed by atoms with Gasteiger partial charge in [0, 0.05) is 5.92 Å². The smallest absolute Gasteiger partial charge is 0.123 e. The fourth-order valence-corrected chi connectivity index (χ4v) is 3.16. The summed E-state index contributed by atoms with van der Waals surface area (Å²) in [6.45, 7) is 10.5. The Labute approximate surface area is 103 Å². The van der Waals surface area contributed by atoms with Crippen molar-refractivity contribution in [2.75, 3.05) is 0 Å². The molecule has 1 aromatic carbocycles. The maximum atomic E-state index is 13.3. The summed E-state index contributed by atoms with van der Waals surface area (Å²) in [6, 6.07) is 4.81. The van der Waals surface area contributed by atoms with Crippen LogP contribution in [0.2, 0.25) is 0 Å². The second-order valence-electron chi connectivity index (χ2n) is 6.43. The third-order valence-corrected chi connectivity index (χ3v) is 4.85. The third kappa shape index (κ3) is 1.79. The van der Waals surface area contributed by atoms with E-state index in [9.17, 15) is 9.50 Å². The van der Waals surface area contributed by atoms with Crippen LogP contribution in [-0.4, -0.2) is 5.11 Å². The maximum absolute atomic E-state index is 13.3. The van der Waals surface area contributed by atoms with Crippen molar-refractivity contribution in [3.63, 3.8) is 0 Å². The fraction of sp³-hybridized carbons (Fsp3) is 0.600. The number of hydrogen-bond donors (Lipinski definition) is 1. The molecular formula is C15H21FO. The van der Waals surface area contributed by atoms with Gasteiger partial charge in [-0.15, -0.1) is 0 Å². The Morgan fingerprint density at radius 3 is 2.06 bits per heavy atom. The Hall–Kier alpha value is -0.890. The van der Waals surface area contributed by atoms with Crippen LogP contribution in [0, 0.1) is 29.5 Å². The van der Waals surface area contributed by atoms with E-state index in [2.05, 4.69) is 27.7 Å². The van der Waals surface area contributed by atoms with Crippen LogP contribution < -0.4 is 0 Å². The van der Waals surface area contributed by atoms with Gasteiger partial charge in [0.25, 0.3) is 0 Å². The minimum Gasteiger partial charge on any atom is -0.388 e. The normalized spacial score (nSPS) is 23.5. The van der Waals surface area contributed by atoms with E-state index in [1.165, 1.54) is 12.1 Å². The molecule has 1 saturated carbocycles. The predicted molar refractivity (Wildman–Crippen MR) is 67.1 cm³/mol. The summed E-state index contributed by atoms with van der Waals surface area (Å²) < 4.78 is 13.3. The lowest BCUT2D eigenvalue weighted by molar-refractivity contribution is 0.130. The SMILES string of the molecule is Cc1cc(F)cc(C(O)C2C(C)(C)C2(C)C)c1. The van der Waals surface area contributed by atoms with Crippen LogP contribution in [-0.2, 0) is 0 Å². The highest BCUT2D eigenvalue weighted by atomic mass is 19.1. The van der Waals surface area contributed by atoms with Crippen molar-refractivity contribution in [3.8, 4) is 0 Å². The van der Waals surface area contributed by atoms with E-state index in [4.69, 9.17) is 0 Å². The average molecular weight is 236 g/mol. The molecule has 2 heteroatoms. The zero-order valence-corrected chi connectivity index (χ0v) is 11.2. The summed E-state index contributed by atoms with van der Waals surface area (Å²) in [5.74, 6) is -0.0773. The van der Waals surface area contributed by atoms with Gasteiger partial charge in [0.2, 0.25) is 0 Å². The van der Waals surface area contributed by atoms with Crippen molar-refractivity contribution in [1.29, 1.82) is 0 Å². The van der Waals surface area contributed by atoms with Crippen LogP contribution >= 0.6 is 0 Å². The number of rotatable bonds is 2. The Morgan fingerprint density at radius 2 is 1.65 bits per heavy atom. The molecule has 0 amide bonds. The average Bonchev–Trinajstić information content (AvgIpc) is 2.54. The molecule has 1 nitrogen and oxygen atoms in total. The second kappa shape index (κ2) is 3.55. The number of aryl methyl sites for hydroxylation is 1. The zero-order chi connectivity index (χ0) is 13.0. The van der Waals surface area contributed by atoms with Gasteiger partial charge in [-0.3, -0.25) is 0 Å². The summed E-state index contributed by atoms with van der Waals surface area (Å²) in [4.78, 5) is 0. The zero-order valence-electron chi connectivity index (χ0n) is 11.2. The molecule has 1 aromatic rings. The number of aliphatic hydroxyl groups excluding tert-OH is 1. The largest absolute Gasteiger partial charge is 0.388 e. The molecule has 0 aliphatic heterocycles. The van der Waals surface area contributed by atoms with Crippen LogP contribution in [0.1, 0.15) is 44.9 Å². The number of halogens is 1. The van der Waals surface area contributed by atoms with E-state index in [1.54, 1.807) is 0 Å². The molecule has 17 heavy (non-hydrogen) atoms. The fourth-order valence-electron chi connectivity index (χ4n) is 3.16. The van der Waals surface area contributed by atoms with Crippen molar-refractivity contribution < 1.29 is 9.50 Å². The Morgan fingerprint density at radius 1 is 1.12 bits per heavy atom. The summed E-state index contributed by atoms with van der Waals surface area (Å²) in [7, 11) is 0. The van der Waals surface area contributed by atoms with Gasteiger partial charge < -0.3 is 5.11 Å². The molecular weight excluding hydrogens is 215 g/mol. The number of hydrogen-bond acceptors (Lipinski definition) is 1. The first-order chi connectivity index (χ1) is 7.68. The standard InChI is InChI=1S/C15H21FO/c1-9-6-10(8-11(16)7-9)12(17)13-14(2,3)15(13,4)5/h6-8,12-13,17H,1-5H3. The highest BCUT2D eigenvalue weighted by Gasteiger charge is 2.67. The molecule has 1 aliphatic rings. The van der Waals surface area contributed by atoms with Crippen LogP contribution in [0.3, 0.4) is 0 Å². The second-order valence-corrected chi connectivity index (χ2v) is 6.43. The first-order valence-electron chi connectivity index (χ1n) is 6.13. The Balaban J connectivity index is 2.31. The van der Waals surface area contributed by atoms with Crippen molar-refractivity contribution in [2.45, 2.75) is 40.7 Å². The number of benzene rings is 1. The summed E-state index contributed by atoms with van der Waals surface area (Å²) in [6.07, 6.45) is -0.575. The van der Waals surface area contributed by atoms with Crippen LogP contribution in [0.25, 0.3) is 0 Å². The van der Waals surface area contributed by atoms with Crippen molar-refractivity contribution in [3.05, 3.63) is 35.1 Å². The lowest BCUT2D eigenvalue weighted by Crippen LogP contribution is -2.06. The summed E-state index contributed by atoms with van der Waals surface area (Å²) in [5.41, 5.74) is 1.76. The Bertz CT molecular complexity index is 414. The van der Waals surface area contributed by atoms with Gasteiger partial charge in [0.1, 0.15) is 5.82 Å². The molecule has 94 valence electrons. The lowest BCUT2D eigenvalue weighted by Gasteiger charge is -2.14. The van der Waals surface area contributed by atoms with Crippen LogP contribution in [0.15, 0.2) is 18.2 Å². The quantitative estimate of drug-likeness (QED) is 0.827. The van der Waals surface area contributed by atoms with Crippen molar-refractivity contribution >= 4 is 0 Å². The molecule has 0 bridgehead atoms. The monoisotopic (exact) mass is 236 g/mol. The van der Waals surface area contributed by atoms with E-state index in [1.807, 2.05) is 13.0 Å². The Kier molecular flexibility index (Phi) is 2.62. The van der Waals surface area contributed by atoms with Gasteiger partial charge in [0.05, 0.1) is 6.10 Å². The van der Waals surface area contributed by atoms with Gasteiger partial charge >= 0.3 is 0 Å². The first-order valence-corrected chi connectivity index (χ1v) is 6.13. The third-order valence-electron chi connectivity index (χ3n) is 4.85. The van der Waals surface area contributed by atoms with E-state index < -0.39 is 6.10 Å². The molecule has 1 aliphatic carbocycles. The highest BCUT2D eigenvalue weighted by molar-refractivity contribution is 5.29. The molecule has 1 N–H and O–H groups in total. The molecule has 2 rings (SSSR count). The van der Waals surface area contributed by atoms with Crippen LogP contribution in [0.4, 0.5) is 4.39 Å². The van der Waals surface area contributed by atoms with Gasteiger partial charge in [-0.05, 0) is 41.0 Å². The van der Waals surface area contributed by atoms with Gasteiger partial charge in [0.15, 0.2) is 0 Å². The molecule has 1 fully saturated rings. The lowest BCUT2D eigenvalue weighted by atomic mass is 9.98. The summed E-state index contributed by atoms with van der Waals surface area (Å²) in [5, 5.41) is 10.4. The topological polar surface area (TPSA) is 20.2 Å². The van der Waals surface area contributed by atoms with E-state index in [0.717, 1.165) is 5.56 Å². The maximum Gasteiger partial charge on any atom is 0.123 e.